The predicted octanol–water partition coefficient (Wildman–Crippen LogP) is 16.1. The summed E-state index contributed by atoms with van der Waals surface area (Å²) in [6, 6.07) is 0. The molecule has 0 rings (SSSR count). The molecule has 0 aliphatic rings. The second-order valence-electron chi connectivity index (χ2n) is 16.7. The normalized spacial score (nSPS) is 12.3. The van der Waals surface area contributed by atoms with E-state index < -0.39 is 6.10 Å². The molecule has 338 valence electrons. The third kappa shape index (κ3) is 44.7. The highest BCUT2D eigenvalue weighted by molar-refractivity contribution is 5.71. The summed E-state index contributed by atoms with van der Waals surface area (Å²) in [7, 11) is 0. The van der Waals surface area contributed by atoms with Gasteiger partial charge >= 0.3 is 17.9 Å². The average molecular weight is 815 g/mol. The van der Waals surface area contributed by atoms with Crippen LogP contribution in [0.4, 0.5) is 0 Å². The van der Waals surface area contributed by atoms with Gasteiger partial charge in [-0.2, -0.15) is 0 Å². The lowest BCUT2D eigenvalue weighted by atomic mass is 10.0. The van der Waals surface area contributed by atoms with Crippen LogP contribution in [0.15, 0.2) is 36.5 Å². The second-order valence-corrected chi connectivity index (χ2v) is 16.7. The Morgan fingerprint density at radius 2 is 0.672 bits per heavy atom. The lowest BCUT2D eigenvalue weighted by Crippen LogP contribution is -2.30. The molecule has 0 bridgehead atoms. The Morgan fingerprint density at radius 3 is 1.03 bits per heavy atom. The number of esters is 3. The van der Waals surface area contributed by atoms with E-state index >= 15 is 0 Å². The van der Waals surface area contributed by atoms with Crippen LogP contribution in [0.25, 0.3) is 0 Å². The third-order valence-electron chi connectivity index (χ3n) is 10.9. The molecule has 0 radical (unpaired) electrons. The molecule has 0 saturated heterocycles. The quantitative estimate of drug-likeness (QED) is 0.0264. The summed E-state index contributed by atoms with van der Waals surface area (Å²) < 4.78 is 16.7. The molecular formula is C52H94O6. The topological polar surface area (TPSA) is 78.9 Å². The number of unbranched alkanes of at least 4 members (excludes halogenated alkanes) is 28. The molecule has 0 amide bonds. The van der Waals surface area contributed by atoms with Crippen molar-refractivity contribution in [3.05, 3.63) is 36.5 Å². The Hall–Kier alpha value is -2.37. The molecule has 1 atom stereocenters. The van der Waals surface area contributed by atoms with Crippen LogP contribution in [0, 0.1) is 0 Å². The highest BCUT2D eigenvalue weighted by Gasteiger charge is 2.19. The first-order chi connectivity index (χ1) is 28.5. The number of hydrogen-bond donors (Lipinski definition) is 0. The van der Waals surface area contributed by atoms with Crippen LogP contribution in [0.2, 0.25) is 0 Å². The van der Waals surface area contributed by atoms with Gasteiger partial charge in [0.25, 0.3) is 0 Å². The molecule has 0 aliphatic carbocycles. The lowest BCUT2D eigenvalue weighted by molar-refractivity contribution is -0.167. The van der Waals surface area contributed by atoms with E-state index in [-0.39, 0.29) is 37.5 Å². The molecule has 6 heteroatoms. The van der Waals surface area contributed by atoms with Crippen LogP contribution < -0.4 is 0 Å². The zero-order chi connectivity index (χ0) is 42.3. The molecule has 58 heavy (non-hydrogen) atoms. The predicted molar refractivity (Wildman–Crippen MR) is 247 cm³/mol. The zero-order valence-corrected chi connectivity index (χ0v) is 38.6. The van der Waals surface area contributed by atoms with Gasteiger partial charge in [-0.15, -0.1) is 0 Å². The van der Waals surface area contributed by atoms with Gasteiger partial charge in [-0.1, -0.05) is 231 Å². The molecule has 6 nitrogen and oxygen atoms in total. The standard InChI is InChI=1S/C52H94O6/c1-4-7-10-13-16-19-22-23-24-25-26-27-28-29-31-33-36-39-42-45-51(54)57-48-49(47-56-50(53)44-41-38-35-32-21-18-15-12-9-6-3)58-52(55)46-43-40-37-34-30-20-17-14-11-8-5-2/h8,11,17,20,34,37,49H,4-7,9-10,12-16,18-19,21-33,35-36,38-48H2,1-3H3/b11-8-,20-17-,37-34-. The first kappa shape index (κ1) is 55.6. The largest absolute Gasteiger partial charge is 0.462 e. The number of hydrogen-bond acceptors (Lipinski definition) is 6. The summed E-state index contributed by atoms with van der Waals surface area (Å²) in [4.78, 5) is 37.8. The second kappa shape index (κ2) is 47.3. The zero-order valence-electron chi connectivity index (χ0n) is 38.6. The molecule has 0 saturated carbocycles. The van der Waals surface area contributed by atoms with Crippen LogP contribution in [0.3, 0.4) is 0 Å². The van der Waals surface area contributed by atoms with Gasteiger partial charge in [0.2, 0.25) is 0 Å². The summed E-state index contributed by atoms with van der Waals surface area (Å²) in [5.41, 5.74) is 0. The van der Waals surface area contributed by atoms with Crippen molar-refractivity contribution in [2.45, 2.75) is 264 Å². The van der Waals surface area contributed by atoms with Crippen molar-refractivity contribution in [1.29, 1.82) is 0 Å². The Labute approximate surface area is 359 Å². The Kier molecular flexibility index (Phi) is 45.4. The van der Waals surface area contributed by atoms with Gasteiger partial charge in [-0.25, -0.2) is 0 Å². The minimum Gasteiger partial charge on any atom is -0.462 e. The molecule has 1 unspecified atom stereocenters. The van der Waals surface area contributed by atoms with E-state index in [2.05, 4.69) is 57.2 Å². The van der Waals surface area contributed by atoms with E-state index in [1.807, 2.05) is 0 Å². The lowest BCUT2D eigenvalue weighted by Gasteiger charge is -2.18. The molecule has 0 aliphatic heterocycles. The van der Waals surface area contributed by atoms with Gasteiger partial charge in [0.1, 0.15) is 13.2 Å². The Bertz CT molecular complexity index is 984. The molecule has 0 aromatic carbocycles. The average Bonchev–Trinajstić information content (AvgIpc) is 3.22. The van der Waals surface area contributed by atoms with E-state index in [4.69, 9.17) is 14.2 Å². The van der Waals surface area contributed by atoms with Crippen molar-refractivity contribution in [3.8, 4) is 0 Å². The fraction of sp³-hybridized carbons (Fsp3) is 0.827. The summed E-state index contributed by atoms with van der Waals surface area (Å²) in [5.74, 6) is -0.937. The fourth-order valence-corrected chi connectivity index (χ4v) is 7.17. The Balaban J connectivity index is 4.28. The fourth-order valence-electron chi connectivity index (χ4n) is 7.17. The van der Waals surface area contributed by atoms with Crippen molar-refractivity contribution in [2.24, 2.45) is 0 Å². The van der Waals surface area contributed by atoms with Crippen molar-refractivity contribution in [1.82, 2.24) is 0 Å². The minimum absolute atomic E-state index is 0.0884. The van der Waals surface area contributed by atoms with E-state index in [0.29, 0.717) is 19.3 Å². The van der Waals surface area contributed by atoms with E-state index in [1.54, 1.807) is 0 Å². The number of allylic oxidation sites excluding steroid dienone is 6. The molecule has 0 heterocycles. The molecular weight excluding hydrogens is 721 g/mol. The summed E-state index contributed by atoms with van der Waals surface area (Å²) in [6.07, 6.45) is 54.3. The summed E-state index contributed by atoms with van der Waals surface area (Å²) >= 11 is 0. The van der Waals surface area contributed by atoms with E-state index in [1.165, 1.54) is 148 Å². The minimum atomic E-state index is -0.791. The SMILES string of the molecule is CC/C=C\C/C=C\C/C=C\CCCC(=O)OC(COC(=O)CCCCCCCCCCCC)COC(=O)CCCCCCCCCCCCCCCCCCCCC. The Morgan fingerprint density at radius 1 is 0.362 bits per heavy atom. The van der Waals surface area contributed by atoms with Gasteiger partial charge in [0.05, 0.1) is 0 Å². The number of ether oxygens (including phenoxy) is 3. The number of rotatable bonds is 45. The smallest absolute Gasteiger partial charge is 0.306 e. The highest BCUT2D eigenvalue weighted by Crippen LogP contribution is 2.16. The first-order valence-corrected chi connectivity index (χ1v) is 25.0. The van der Waals surface area contributed by atoms with Gasteiger partial charge in [-0.05, 0) is 44.9 Å². The van der Waals surface area contributed by atoms with E-state index in [0.717, 1.165) is 64.2 Å². The molecule has 0 aromatic heterocycles. The number of carbonyl (C=O) groups is 3. The van der Waals surface area contributed by atoms with Crippen LogP contribution in [-0.4, -0.2) is 37.2 Å². The van der Waals surface area contributed by atoms with E-state index in [9.17, 15) is 14.4 Å². The molecule has 0 N–H and O–H groups in total. The molecule has 0 fully saturated rings. The van der Waals surface area contributed by atoms with Gasteiger partial charge in [-0.3, -0.25) is 14.4 Å². The molecule has 0 aromatic rings. The maximum Gasteiger partial charge on any atom is 0.306 e. The molecule has 0 spiro atoms. The van der Waals surface area contributed by atoms with Crippen LogP contribution in [0.1, 0.15) is 258 Å². The maximum atomic E-state index is 12.7. The van der Waals surface area contributed by atoms with Crippen LogP contribution in [-0.2, 0) is 28.6 Å². The monoisotopic (exact) mass is 815 g/mol. The van der Waals surface area contributed by atoms with Crippen molar-refractivity contribution in [2.75, 3.05) is 13.2 Å². The van der Waals surface area contributed by atoms with Crippen LogP contribution in [0.5, 0.6) is 0 Å². The summed E-state index contributed by atoms with van der Waals surface area (Å²) in [5, 5.41) is 0. The van der Waals surface area contributed by atoms with Crippen molar-refractivity contribution in [3.63, 3.8) is 0 Å². The highest BCUT2D eigenvalue weighted by atomic mass is 16.6. The van der Waals surface area contributed by atoms with Crippen molar-refractivity contribution >= 4 is 17.9 Å². The van der Waals surface area contributed by atoms with Crippen molar-refractivity contribution < 1.29 is 28.6 Å². The van der Waals surface area contributed by atoms with Gasteiger partial charge in [0.15, 0.2) is 6.10 Å². The third-order valence-corrected chi connectivity index (χ3v) is 10.9. The maximum absolute atomic E-state index is 12.7. The van der Waals surface area contributed by atoms with Gasteiger partial charge < -0.3 is 14.2 Å². The first-order valence-electron chi connectivity index (χ1n) is 25.0. The van der Waals surface area contributed by atoms with Crippen LogP contribution >= 0.6 is 0 Å². The number of carbonyl (C=O) groups excluding carboxylic acids is 3. The van der Waals surface area contributed by atoms with Gasteiger partial charge in [0, 0.05) is 19.3 Å². The summed E-state index contributed by atoms with van der Waals surface area (Å²) in [6.45, 7) is 6.48.